The van der Waals surface area contributed by atoms with Gasteiger partial charge in [-0.1, -0.05) is 17.7 Å². The Labute approximate surface area is 159 Å². The van der Waals surface area contributed by atoms with Crippen LogP contribution in [0.1, 0.15) is 42.4 Å². The van der Waals surface area contributed by atoms with Crippen LogP contribution in [0.2, 0.25) is 0 Å². The van der Waals surface area contributed by atoms with Crippen molar-refractivity contribution >= 4 is 22.1 Å². The van der Waals surface area contributed by atoms with Crippen molar-refractivity contribution in [2.24, 2.45) is 11.8 Å². The van der Waals surface area contributed by atoms with Gasteiger partial charge in [0.25, 0.3) is 10.1 Å². The van der Waals surface area contributed by atoms with Crippen LogP contribution in [-0.2, 0) is 24.4 Å². The molecule has 0 saturated heterocycles. The second-order valence-corrected chi connectivity index (χ2v) is 8.72. The first-order valence-corrected chi connectivity index (χ1v) is 10.6. The molecule has 27 heavy (non-hydrogen) atoms. The van der Waals surface area contributed by atoms with Gasteiger partial charge in [-0.25, -0.2) is 0 Å². The maximum absolute atomic E-state index is 12.5. The number of carbonyl (C=O) groups excluding carboxylic acids is 2. The standard InChI is InChI=1S/C19H26O7S/c1-12-10-13(2)17(14(3)11-12)26-19(21)16-6-4-15(5-7-16)18(20)25-8-9-27(22,23)24/h10-11,15-16H,4-9H2,1-3H3,(H,22,23,24). The fourth-order valence-corrected chi connectivity index (χ4v) is 3.74. The summed E-state index contributed by atoms with van der Waals surface area (Å²) in [7, 11) is -4.15. The summed E-state index contributed by atoms with van der Waals surface area (Å²) in [5, 5.41) is 0. The van der Waals surface area contributed by atoms with Gasteiger partial charge in [0.05, 0.1) is 11.8 Å². The van der Waals surface area contributed by atoms with Gasteiger partial charge in [0.15, 0.2) is 0 Å². The molecule has 0 radical (unpaired) electrons. The van der Waals surface area contributed by atoms with Crippen LogP contribution in [-0.4, -0.2) is 37.3 Å². The Bertz CT molecular complexity index is 782. The van der Waals surface area contributed by atoms with Gasteiger partial charge in [-0.15, -0.1) is 0 Å². The van der Waals surface area contributed by atoms with Crippen LogP contribution in [0.15, 0.2) is 12.1 Å². The maximum Gasteiger partial charge on any atom is 0.314 e. The first-order valence-electron chi connectivity index (χ1n) is 8.98. The van der Waals surface area contributed by atoms with Crippen molar-refractivity contribution in [3.8, 4) is 5.75 Å². The van der Waals surface area contributed by atoms with Crippen molar-refractivity contribution in [1.29, 1.82) is 0 Å². The topological polar surface area (TPSA) is 107 Å². The van der Waals surface area contributed by atoms with E-state index in [-0.39, 0.29) is 24.4 Å². The fourth-order valence-electron chi connectivity index (χ4n) is 3.44. The van der Waals surface area contributed by atoms with Gasteiger partial charge < -0.3 is 9.47 Å². The summed E-state index contributed by atoms with van der Waals surface area (Å²) in [6.45, 7) is 5.43. The minimum Gasteiger partial charge on any atom is -0.464 e. The van der Waals surface area contributed by atoms with E-state index >= 15 is 0 Å². The number of esters is 2. The predicted octanol–water partition coefficient (Wildman–Crippen LogP) is 2.75. The Morgan fingerprint density at radius 1 is 1.00 bits per heavy atom. The molecule has 1 saturated carbocycles. The van der Waals surface area contributed by atoms with E-state index in [0.29, 0.717) is 31.4 Å². The minimum absolute atomic E-state index is 0.271. The molecule has 0 aromatic heterocycles. The molecule has 0 spiro atoms. The largest absolute Gasteiger partial charge is 0.464 e. The molecule has 2 rings (SSSR count). The van der Waals surface area contributed by atoms with Crippen molar-refractivity contribution in [3.05, 3.63) is 28.8 Å². The summed E-state index contributed by atoms with van der Waals surface area (Å²) in [5.41, 5.74) is 2.94. The average molecular weight is 398 g/mol. The molecule has 7 nitrogen and oxygen atoms in total. The highest BCUT2D eigenvalue weighted by atomic mass is 32.2. The Kier molecular flexibility index (Phi) is 7.00. The monoisotopic (exact) mass is 398 g/mol. The predicted molar refractivity (Wildman–Crippen MR) is 99.1 cm³/mol. The minimum atomic E-state index is -4.15. The molecule has 1 aromatic carbocycles. The molecular formula is C19H26O7S. The molecule has 1 N–H and O–H groups in total. The van der Waals surface area contributed by atoms with E-state index in [4.69, 9.17) is 14.0 Å². The fraction of sp³-hybridized carbons (Fsp3) is 0.579. The SMILES string of the molecule is Cc1cc(C)c(OC(=O)C2CCC(C(=O)OCCS(=O)(=O)O)CC2)c(C)c1. The normalized spacial score (nSPS) is 20.1. The third-order valence-corrected chi connectivity index (χ3v) is 5.47. The number of benzene rings is 1. The first kappa shape index (κ1) is 21.4. The van der Waals surface area contributed by atoms with E-state index in [9.17, 15) is 18.0 Å². The third-order valence-electron chi connectivity index (χ3n) is 4.79. The van der Waals surface area contributed by atoms with Crippen molar-refractivity contribution < 1.29 is 32.0 Å². The molecule has 1 aromatic rings. The Hall–Kier alpha value is -1.93. The molecule has 0 bridgehead atoms. The van der Waals surface area contributed by atoms with E-state index < -0.39 is 21.8 Å². The van der Waals surface area contributed by atoms with E-state index in [1.54, 1.807) is 0 Å². The second kappa shape index (κ2) is 8.84. The summed E-state index contributed by atoms with van der Waals surface area (Å²) < 4.78 is 40.4. The number of aryl methyl sites for hydroxylation is 3. The molecule has 0 unspecified atom stereocenters. The van der Waals surface area contributed by atoms with Gasteiger partial charge in [0.2, 0.25) is 0 Å². The number of hydrogen-bond donors (Lipinski definition) is 1. The van der Waals surface area contributed by atoms with Crippen LogP contribution in [0.25, 0.3) is 0 Å². The van der Waals surface area contributed by atoms with Crippen LogP contribution in [0.5, 0.6) is 5.75 Å². The van der Waals surface area contributed by atoms with Crippen LogP contribution in [0.4, 0.5) is 0 Å². The van der Waals surface area contributed by atoms with E-state index in [0.717, 1.165) is 16.7 Å². The maximum atomic E-state index is 12.5. The number of hydrogen-bond acceptors (Lipinski definition) is 6. The molecule has 8 heteroatoms. The molecule has 0 heterocycles. The Morgan fingerprint density at radius 2 is 1.48 bits per heavy atom. The van der Waals surface area contributed by atoms with Crippen LogP contribution >= 0.6 is 0 Å². The van der Waals surface area contributed by atoms with Gasteiger partial charge in [-0.2, -0.15) is 8.42 Å². The number of carbonyl (C=O) groups is 2. The van der Waals surface area contributed by atoms with Crippen LogP contribution in [0, 0.1) is 32.6 Å². The summed E-state index contributed by atoms with van der Waals surface area (Å²) in [4.78, 5) is 24.4. The highest BCUT2D eigenvalue weighted by molar-refractivity contribution is 7.85. The Morgan fingerprint density at radius 3 is 1.96 bits per heavy atom. The lowest BCUT2D eigenvalue weighted by molar-refractivity contribution is -0.151. The third kappa shape index (κ3) is 6.32. The molecule has 1 fully saturated rings. The Balaban J connectivity index is 1.85. The molecule has 150 valence electrons. The number of rotatable bonds is 6. The van der Waals surface area contributed by atoms with Gasteiger partial charge in [0, 0.05) is 0 Å². The summed E-state index contributed by atoms with van der Waals surface area (Å²) in [6, 6.07) is 3.93. The molecule has 1 aliphatic rings. The van der Waals surface area contributed by atoms with Gasteiger partial charge in [-0.05, 0) is 57.6 Å². The molecule has 0 aliphatic heterocycles. The van der Waals surface area contributed by atoms with Gasteiger partial charge in [-0.3, -0.25) is 14.1 Å². The van der Waals surface area contributed by atoms with Crippen molar-refractivity contribution in [2.75, 3.05) is 12.4 Å². The summed E-state index contributed by atoms with van der Waals surface area (Å²) in [5.74, 6) is -1.43. The van der Waals surface area contributed by atoms with E-state index in [2.05, 4.69) is 0 Å². The van der Waals surface area contributed by atoms with Gasteiger partial charge in [0.1, 0.15) is 18.1 Å². The zero-order valence-electron chi connectivity index (χ0n) is 15.9. The molecule has 0 amide bonds. The lowest BCUT2D eigenvalue weighted by Gasteiger charge is -2.26. The summed E-state index contributed by atoms with van der Waals surface area (Å²) >= 11 is 0. The molecular weight excluding hydrogens is 372 g/mol. The van der Waals surface area contributed by atoms with Crippen molar-refractivity contribution in [3.63, 3.8) is 0 Å². The molecule has 0 atom stereocenters. The summed E-state index contributed by atoms with van der Waals surface area (Å²) in [6.07, 6.45) is 1.99. The van der Waals surface area contributed by atoms with Crippen LogP contribution in [0.3, 0.4) is 0 Å². The lowest BCUT2D eigenvalue weighted by Crippen LogP contribution is -2.30. The van der Waals surface area contributed by atoms with Crippen molar-refractivity contribution in [1.82, 2.24) is 0 Å². The number of ether oxygens (including phenoxy) is 2. The second-order valence-electron chi connectivity index (χ2n) is 7.15. The zero-order chi connectivity index (χ0) is 20.2. The highest BCUT2D eigenvalue weighted by Crippen LogP contribution is 2.32. The average Bonchev–Trinajstić information content (AvgIpc) is 2.56. The quantitative estimate of drug-likeness (QED) is 0.446. The van der Waals surface area contributed by atoms with E-state index in [1.807, 2.05) is 32.9 Å². The molecule has 1 aliphatic carbocycles. The van der Waals surface area contributed by atoms with Crippen LogP contribution < -0.4 is 4.74 Å². The van der Waals surface area contributed by atoms with Gasteiger partial charge >= 0.3 is 11.9 Å². The lowest BCUT2D eigenvalue weighted by atomic mass is 9.82. The van der Waals surface area contributed by atoms with E-state index in [1.165, 1.54) is 0 Å². The zero-order valence-corrected chi connectivity index (χ0v) is 16.7. The first-order chi connectivity index (χ1) is 12.6. The smallest absolute Gasteiger partial charge is 0.314 e. The van der Waals surface area contributed by atoms with Crippen molar-refractivity contribution in [2.45, 2.75) is 46.5 Å². The highest BCUT2D eigenvalue weighted by Gasteiger charge is 2.32.